The SMILES string of the molecule is OB(O)Oc1cc(Br)ncc1F. The molecule has 64 valence electrons. The summed E-state index contributed by atoms with van der Waals surface area (Å²) >= 11 is 2.97. The Morgan fingerprint density at radius 1 is 1.58 bits per heavy atom. The fraction of sp³-hybridized carbons (Fsp3) is 0. The number of rotatable bonds is 2. The minimum absolute atomic E-state index is 0.271. The molecule has 0 aliphatic carbocycles. The Kier molecular flexibility index (Phi) is 3.02. The van der Waals surface area contributed by atoms with E-state index in [1.165, 1.54) is 6.07 Å². The molecule has 1 heterocycles. The quantitative estimate of drug-likeness (QED) is 0.573. The number of hydrogen-bond acceptors (Lipinski definition) is 4. The van der Waals surface area contributed by atoms with E-state index < -0.39 is 13.1 Å². The van der Waals surface area contributed by atoms with Gasteiger partial charge in [0.2, 0.25) is 0 Å². The van der Waals surface area contributed by atoms with Crippen LogP contribution < -0.4 is 4.65 Å². The van der Waals surface area contributed by atoms with Crippen LogP contribution in [0.2, 0.25) is 0 Å². The highest BCUT2D eigenvalue weighted by atomic mass is 79.9. The topological polar surface area (TPSA) is 62.6 Å². The standard InChI is InChI=1S/C5H4BBrFNO3/c7-5-1-4(12-6(10)11)3(8)2-9-5/h1-2,10-11H. The van der Waals surface area contributed by atoms with E-state index in [1.54, 1.807) is 0 Å². The molecule has 0 atom stereocenters. The van der Waals surface area contributed by atoms with Gasteiger partial charge in [0.1, 0.15) is 10.4 Å². The van der Waals surface area contributed by atoms with Crippen molar-refractivity contribution in [3.63, 3.8) is 0 Å². The molecule has 7 heteroatoms. The van der Waals surface area contributed by atoms with Crippen LogP contribution >= 0.6 is 15.9 Å². The van der Waals surface area contributed by atoms with Crippen molar-refractivity contribution in [2.24, 2.45) is 0 Å². The van der Waals surface area contributed by atoms with Crippen molar-refractivity contribution in [3.8, 4) is 5.75 Å². The molecule has 0 amide bonds. The number of hydrogen-bond donors (Lipinski definition) is 2. The van der Waals surface area contributed by atoms with Crippen molar-refractivity contribution in [2.45, 2.75) is 0 Å². The molecule has 0 aromatic carbocycles. The molecule has 1 aromatic heterocycles. The fourth-order valence-corrected chi connectivity index (χ4v) is 0.911. The Morgan fingerprint density at radius 2 is 2.25 bits per heavy atom. The highest BCUT2D eigenvalue weighted by Crippen LogP contribution is 2.19. The molecular weight excluding hydrogens is 232 g/mol. The average Bonchev–Trinajstić information content (AvgIpc) is 1.96. The molecule has 0 aliphatic heterocycles. The summed E-state index contributed by atoms with van der Waals surface area (Å²) in [4.78, 5) is 3.55. The van der Waals surface area contributed by atoms with Crippen molar-refractivity contribution in [2.75, 3.05) is 0 Å². The third-order valence-electron chi connectivity index (χ3n) is 1.02. The largest absolute Gasteiger partial charge is 0.707 e. The number of pyridine rings is 1. The van der Waals surface area contributed by atoms with Gasteiger partial charge >= 0.3 is 7.32 Å². The van der Waals surface area contributed by atoms with Gasteiger partial charge in [0.05, 0.1) is 6.20 Å². The van der Waals surface area contributed by atoms with Gasteiger partial charge in [-0.15, -0.1) is 0 Å². The summed E-state index contributed by atoms with van der Waals surface area (Å²) in [6.45, 7) is 0. The van der Waals surface area contributed by atoms with E-state index in [4.69, 9.17) is 10.0 Å². The Labute approximate surface area is 76.3 Å². The molecule has 0 saturated heterocycles. The molecular formula is C5H4BBrFNO3. The number of aromatic nitrogens is 1. The molecule has 1 rings (SSSR count). The second-order valence-electron chi connectivity index (χ2n) is 1.88. The predicted molar refractivity (Wildman–Crippen MR) is 42.7 cm³/mol. The normalized spacial score (nSPS) is 9.67. The summed E-state index contributed by atoms with van der Waals surface area (Å²) in [5.74, 6) is -1.03. The Balaban J connectivity index is 2.90. The van der Waals surface area contributed by atoms with Gasteiger partial charge in [0, 0.05) is 6.07 Å². The summed E-state index contributed by atoms with van der Waals surface area (Å²) < 4.78 is 17.3. The lowest BCUT2D eigenvalue weighted by atomic mass is 10.2. The molecule has 12 heavy (non-hydrogen) atoms. The fourth-order valence-electron chi connectivity index (χ4n) is 0.600. The van der Waals surface area contributed by atoms with Crippen LogP contribution in [-0.2, 0) is 0 Å². The van der Waals surface area contributed by atoms with Gasteiger partial charge < -0.3 is 14.7 Å². The molecule has 0 aliphatic rings. The van der Waals surface area contributed by atoms with Gasteiger partial charge in [-0.2, -0.15) is 0 Å². The van der Waals surface area contributed by atoms with Gasteiger partial charge in [-0.1, -0.05) is 0 Å². The van der Waals surface area contributed by atoms with Gasteiger partial charge in [0.15, 0.2) is 5.82 Å². The Morgan fingerprint density at radius 3 is 2.83 bits per heavy atom. The maximum atomic E-state index is 12.7. The van der Waals surface area contributed by atoms with Crippen LogP contribution in [0.25, 0.3) is 0 Å². The molecule has 0 fully saturated rings. The first kappa shape index (κ1) is 9.43. The molecule has 0 radical (unpaired) electrons. The van der Waals surface area contributed by atoms with E-state index in [0.717, 1.165) is 6.20 Å². The third kappa shape index (κ3) is 2.44. The zero-order chi connectivity index (χ0) is 9.14. The highest BCUT2D eigenvalue weighted by molar-refractivity contribution is 9.10. The first-order chi connectivity index (χ1) is 5.59. The van der Waals surface area contributed by atoms with Crippen molar-refractivity contribution in [1.29, 1.82) is 0 Å². The maximum Gasteiger partial charge on any atom is 0.707 e. The maximum absolute atomic E-state index is 12.7. The van der Waals surface area contributed by atoms with Crippen LogP contribution in [0.15, 0.2) is 16.9 Å². The summed E-state index contributed by atoms with van der Waals surface area (Å²) in [7, 11) is -2.03. The second-order valence-corrected chi connectivity index (χ2v) is 2.69. The molecule has 0 saturated carbocycles. The lowest BCUT2D eigenvalue weighted by Crippen LogP contribution is -2.21. The summed E-state index contributed by atoms with van der Waals surface area (Å²) in [6.07, 6.45) is 0.905. The highest BCUT2D eigenvalue weighted by Gasteiger charge is 2.14. The van der Waals surface area contributed by atoms with Crippen LogP contribution in [0, 0.1) is 5.82 Å². The van der Waals surface area contributed by atoms with E-state index in [0.29, 0.717) is 4.60 Å². The smallest absolute Gasteiger partial charge is 0.509 e. The van der Waals surface area contributed by atoms with Gasteiger partial charge in [-0.25, -0.2) is 9.37 Å². The molecule has 0 spiro atoms. The monoisotopic (exact) mass is 235 g/mol. The minimum Gasteiger partial charge on any atom is -0.509 e. The Bertz CT molecular complexity index is 285. The van der Waals surface area contributed by atoms with Crippen molar-refractivity contribution < 1.29 is 19.1 Å². The average molecular weight is 236 g/mol. The number of nitrogens with zero attached hydrogens (tertiary/aromatic N) is 1. The van der Waals surface area contributed by atoms with Crippen LogP contribution in [0.1, 0.15) is 0 Å². The van der Waals surface area contributed by atoms with Crippen LogP contribution in [-0.4, -0.2) is 22.4 Å². The minimum atomic E-state index is -2.03. The van der Waals surface area contributed by atoms with Crippen LogP contribution in [0.5, 0.6) is 5.75 Å². The van der Waals surface area contributed by atoms with Crippen molar-refractivity contribution >= 4 is 23.3 Å². The molecule has 0 unspecified atom stereocenters. The zero-order valence-corrected chi connectivity index (χ0v) is 7.32. The van der Waals surface area contributed by atoms with Crippen LogP contribution in [0.3, 0.4) is 0 Å². The van der Waals surface area contributed by atoms with Gasteiger partial charge in [-0.05, 0) is 15.9 Å². The van der Waals surface area contributed by atoms with Crippen LogP contribution in [0.4, 0.5) is 4.39 Å². The second kappa shape index (κ2) is 3.84. The van der Waals surface area contributed by atoms with Crippen molar-refractivity contribution in [1.82, 2.24) is 4.98 Å². The van der Waals surface area contributed by atoms with E-state index in [9.17, 15) is 4.39 Å². The zero-order valence-electron chi connectivity index (χ0n) is 5.74. The van der Waals surface area contributed by atoms with E-state index >= 15 is 0 Å². The lowest BCUT2D eigenvalue weighted by Gasteiger charge is -2.04. The summed E-state index contributed by atoms with van der Waals surface area (Å²) in [6, 6.07) is 1.19. The lowest BCUT2D eigenvalue weighted by molar-refractivity contribution is 0.281. The van der Waals surface area contributed by atoms with E-state index in [-0.39, 0.29) is 5.75 Å². The molecule has 4 nitrogen and oxygen atoms in total. The molecule has 1 aromatic rings. The first-order valence-corrected chi connectivity index (χ1v) is 3.73. The number of halogens is 2. The Hall–Kier alpha value is -0.655. The first-order valence-electron chi connectivity index (χ1n) is 2.93. The molecule has 0 bridgehead atoms. The van der Waals surface area contributed by atoms with Gasteiger partial charge in [-0.3, -0.25) is 0 Å². The van der Waals surface area contributed by atoms with Gasteiger partial charge in [0.25, 0.3) is 0 Å². The molecule has 2 N–H and O–H groups in total. The van der Waals surface area contributed by atoms with E-state index in [1.807, 2.05) is 0 Å². The van der Waals surface area contributed by atoms with E-state index in [2.05, 4.69) is 25.6 Å². The summed E-state index contributed by atoms with van der Waals surface area (Å²) in [5, 5.41) is 16.7. The third-order valence-corrected chi connectivity index (χ3v) is 1.45. The predicted octanol–water partition coefficient (Wildman–Crippen LogP) is 0.332. The van der Waals surface area contributed by atoms with Crippen molar-refractivity contribution in [3.05, 3.63) is 22.7 Å². The summed E-state index contributed by atoms with van der Waals surface area (Å²) in [5.41, 5.74) is 0.